The van der Waals surface area contributed by atoms with Crippen LogP contribution in [-0.4, -0.2) is 24.0 Å². The molecule has 1 unspecified atom stereocenters. The fraction of sp³-hybridized carbons (Fsp3) is 0.444. The van der Waals surface area contributed by atoms with Crippen molar-refractivity contribution in [2.45, 2.75) is 37.9 Å². The first-order valence-electron chi connectivity index (χ1n) is 7.95. The van der Waals surface area contributed by atoms with Gasteiger partial charge in [-0.15, -0.1) is 11.3 Å². The lowest BCUT2D eigenvalue weighted by Gasteiger charge is -2.32. The van der Waals surface area contributed by atoms with Crippen molar-refractivity contribution in [3.63, 3.8) is 0 Å². The van der Waals surface area contributed by atoms with Crippen molar-refractivity contribution in [1.82, 2.24) is 10.2 Å². The smallest absolute Gasteiger partial charge is 0.0331 e. The van der Waals surface area contributed by atoms with Crippen molar-refractivity contribution in [2.24, 2.45) is 0 Å². The van der Waals surface area contributed by atoms with Gasteiger partial charge >= 0.3 is 0 Å². The van der Waals surface area contributed by atoms with E-state index in [1.807, 2.05) is 11.3 Å². The number of rotatable bonds is 5. The molecule has 2 heterocycles. The third-order valence-electron chi connectivity index (χ3n) is 4.66. The molecule has 1 aromatic heterocycles. The minimum absolute atomic E-state index is 0.635. The van der Waals surface area contributed by atoms with Gasteiger partial charge in [-0.2, -0.15) is 0 Å². The Labute approximate surface area is 130 Å². The van der Waals surface area contributed by atoms with E-state index in [4.69, 9.17) is 0 Å². The summed E-state index contributed by atoms with van der Waals surface area (Å²) in [5, 5.41) is 5.78. The molecule has 1 N–H and O–H groups in total. The summed E-state index contributed by atoms with van der Waals surface area (Å²) < 4.78 is 0. The van der Waals surface area contributed by atoms with E-state index < -0.39 is 0 Å². The fourth-order valence-electron chi connectivity index (χ4n) is 3.42. The highest BCUT2D eigenvalue weighted by Crippen LogP contribution is 2.33. The van der Waals surface area contributed by atoms with E-state index in [1.54, 1.807) is 5.56 Å². The van der Waals surface area contributed by atoms with Gasteiger partial charge in [-0.1, -0.05) is 30.3 Å². The van der Waals surface area contributed by atoms with E-state index in [1.165, 1.54) is 29.8 Å². The molecule has 1 aromatic carbocycles. The highest BCUT2D eigenvalue weighted by molar-refractivity contribution is 7.09. The molecule has 2 nitrogen and oxygen atoms in total. The summed E-state index contributed by atoms with van der Waals surface area (Å²) in [7, 11) is 0. The van der Waals surface area contributed by atoms with Gasteiger partial charge in [-0.05, 0) is 35.4 Å². The van der Waals surface area contributed by atoms with E-state index in [9.17, 15) is 0 Å². The van der Waals surface area contributed by atoms with Crippen molar-refractivity contribution < 1.29 is 0 Å². The van der Waals surface area contributed by atoms with E-state index in [0.29, 0.717) is 5.92 Å². The summed E-state index contributed by atoms with van der Waals surface area (Å²) in [4.78, 5) is 4.21. The van der Waals surface area contributed by atoms with Crippen LogP contribution in [0.5, 0.6) is 0 Å². The van der Waals surface area contributed by atoms with Crippen LogP contribution in [0.4, 0.5) is 0 Å². The molecule has 0 spiro atoms. The highest BCUT2D eigenvalue weighted by Gasteiger charge is 2.32. The summed E-state index contributed by atoms with van der Waals surface area (Å²) in [6.45, 7) is 4.46. The fourth-order valence-corrected chi connectivity index (χ4v) is 4.14. The Morgan fingerprint density at radius 3 is 2.86 bits per heavy atom. The maximum absolute atomic E-state index is 3.59. The number of nitrogens with zero attached hydrogens (tertiary/aromatic N) is 1. The molecule has 110 valence electrons. The summed E-state index contributed by atoms with van der Waals surface area (Å²) in [6, 6.07) is 14.2. The number of fused-ring (bicyclic) bond motifs is 1. The molecule has 0 amide bonds. The first-order valence-corrected chi connectivity index (χ1v) is 8.83. The number of hydrogen-bond acceptors (Lipinski definition) is 3. The maximum Gasteiger partial charge on any atom is 0.0331 e. The van der Waals surface area contributed by atoms with Gasteiger partial charge in [0.15, 0.2) is 0 Å². The second-order valence-electron chi connectivity index (χ2n) is 6.27. The molecular formula is C18H22N2S. The van der Waals surface area contributed by atoms with Gasteiger partial charge in [0.25, 0.3) is 0 Å². The Hall–Kier alpha value is -1.16. The zero-order valence-electron chi connectivity index (χ0n) is 12.3. The zero-order valence-corrected chi connectivity index (χ0v) is 13.1. The molecule has 0 radical (unpaired) electrons. The van der Waals surface area contributed by atoms with Crippen molar-refractivity contribution in [3.8, 4) is 0 Å². The van der Waals surface area contributed by atoms with Gasteiger partial charge in [0.1, 0.15) is 0 Å². The molecule has 2 aromatic rings. The third-order valence-corrected chi connectivity index (χ3v) is 5.52. The Bertz CT molecular complexity index is 589. The second kappa shape index (κ2) is 5.91. The van der Waals surface area contributed by atoms with Crippen LogP contribution < -0.4 is 5.32 Å². The maximum atomic E-state index is 3.59. The lowest BCUT2D eigenvalue weighted by molar-refractivity contribution is 0.234. The molecule has 1 aliphatic carbocycles. The van der Waals surface area contributed by atoms with Crippen LogP contribution in [0.25, 0.3) is 0 Å². The minimum Gasteiger partial charge on any atom is -0.312 e. The summed E-state index contributed by atoms with van der Waals surface area (Å²) in [5.41, 5.74) is 3.05. The standard InChI is InChI=1S/C18H22N2S/c1-2-6-18-14(4-1)10-19-11-15(18)12-20(16-7-8-16)13-17-5-3-9-21-17/h1-6,9,15-16,19H,7-8,10-13H2. The van der Waals surface area contributed by atoms with Crippen LogP contribution in [0, 0.1) is 0 Å². The van der Waals surface area contributed by atoms with Crippen LogP contribution in [0.1, 0.15) is 34.8 Å². The van der Waals surface area contributed by atoms with Crippen LogP contribution in [-0.2, 0) is 13.1 Å². The van der Waals surface area contributed by atoms with Gasteiger partial charge in [-0.25, -0.2) is 0 Å². The van der Waals surface area contributed by atoms with Crippen molar-refractivity contribution >= 4 is 11.3 Å². The Kier molecular flexibility index (Phi) is 3.80. The molecule has 3 heteroatoms. The minimum atomic E-state index is 0.635. The normalized spacial score (nSPS) is 21.5. The van der Waals surface area contributed by atoms with Gasteiger partial charge in [0, 0.05) is 43.0 Å². The quantitative estimate of drug-likeness (QED) is 0.907. The highest BCUT2D eigenvalue weighted by atomic mass is 32.1. The van der Waals surface area contributed by atoms with Gasteiger partial charge in [-0.3, -0.25) is 4.90 Å². The largest absolute Gasteiger partial charge is 0.312 e. The summed E-state index contributed by atoms with van der Waals surface area (Å²) in [6.07, 6.45) is 2.76. The zero-order chi connectivity index (χ0) is 14.1. The molecule has 1 saturated carbocycles. The average Bonchev–Trinajstić information content (AvgIpc) is 3.25. The number of nitrogens with one attached hydrogen (secondary N) is 1. The molecule has 4 rings (SSSR count). The Morgan fingerprint density at radius 1 is 1.14 bits per heavy atom. The second-order valence-corrected chi connectivity index (χ2v) is 7.30. The topological polar surface area (TPSA) is 15.3 Å². The summed E-state index contributed by atoms with van der Waals surface area (Å²) in [5.74, 6) is 0.635. The number of benzene rings is 1. The van der Waals surface area contributed by atoms with Crippen LogP contribution in [0.15, 0.2) is 41.8 Å². The number of thiophene rings is 1. The van der Waals surface area contributed by atoms with Crippen molar-refractivity contribution in [3.05, 3.63) is 57.8 Å². The predicted molar refractivity (Wildman–Crippen MR) is 88.6 cm³/mol. The lowest BCUT2D eigenvalue weighted by Crippen LogP contribution is -2.37. The van der Waals surface area contributed by atoms with Gasteiger partial charge in [0.05, 0.1) is 0 Å². The number of hydrogen-bond donors (Lipinski definition) is 1. The predicted octanol–water partition coefficient (Wildman–Crippen LogP) is 3.60. The molecule has 0 bridgehead atoms. The Morgan fingerprint density at radius 2 is 2.05 bits per heavy atom. The van der Waals surface area contributed by atoms with E-state index in [-0.39, 0.29) is 0 Å². The molecule has 1 aliphatic heterocycles. The van der Waals surface area contributed by atoms with E-state index in [2.05, 4.69) is 52.0 Å². The van der Waals surface area contributed by atoms with Crippen LogP contribution in [0.2, 0.25) is 0 Å². The molecule has 2 aliphatic rings. The first kappa shape index (κ1) is 13.5. The molecule has 1 atom stereocenters. The van der Waals surface area contributed by atoms with Gasteiger partial charge in [0.2, 0.25) is 0 Å². The van der Waals surface area contributed by atoms with Crippen molar-refractivity contribution in [1.29, 1.82) is 0 Å². The third kappa shape index (κ3) is 3.05. The van der Waals surface area contributed by atoms with E-state index in [0.717, 1.165) is 25.7 Å². The Balaban J connectivity index is 1.51. The molecule has 21 heavy (non-hydrogen) atoms. The van der Waals surface area contributed by atoms with Crippen molar-refractivity contribution in [2.75, 3.05) is 13.1 Å². The molecule has 0 saturated heterocycles. The SMILES string of the molecule is c1csc(CN(CC2CNCc3ccccc32)C2CC2)c1. The van der Waals surface area contributed by atoms with E-state index >= 15 is 0 Å². The average molecular weight is 298 g/mol. The summed E-state index contributed by atoms with van der Waals surface area (Å²) >= 11 is 1.89. The molecule has 1 fully saturated rings. The van der Waals surface area contributed by atoms with Crippen LogP contribution >= 0.6 is 11.3 Å². The monoisotopic (exact) mass is 298 g/mol. The lowest BCUT2D eigenvalue weighted by atomic mass is 9.90. The first-order chi connectivity index (χ1) is 10.4. The van der Waals surface area contributed by atoms with Gasteiger partial charge < -0.3 is 5.32 Å². The molecular weight excluding hydrogens is 276 g/mol. The van der Waals surface area contributed by atoms with Crippen LogP contribution in [0.3, 0.4) is 0 Å².